The second-order valence-electron chi connectivity index (χ2n) is 15.8. The molecule has 55 heavy (non-hydrogen) atoms. The molecule has 0 bridgehead atoms. The lowest BCUT2D eigenvalue weighted by Gasteiger charge is -2.37. The lowest BCUT2D eigenvalue weighted by molar-refractivity contribution is -0.0893. The smallest absolute Gasteiger partial charge is 0.309 e. The van der Waals surface area contributed by atoms with E-state index in [0.29, 0.717) is 7.48 Å². The van der Waals surface area contributed by atoms with Crippen LogP contribution in [0.5, 0.6) is 0 Å². The Morgan fingerprint density at radius 1 is 0.455 bits per heavy atom. The summed E-state index contributed by atoms with van der Waals surface area (Å²) in [5.74, 6) is 0. The number of aromatic nitrogens is 2. The average molecular weight is 721 g/mol. The fourth-order valence-corrected chi connectivity index (χ4v) is 6.82. The number of hydrogen-bond donors (Lipinski definition) is 1. The van der Waals surface area contributed by atoms with Crippen molar-refractivity contribution in [3.63, 3.8) is 0 Å². The quantitative estimate of drug-likeness (QED) is 0.143. The van der Waals surface area contributed by atoms with Gasteiger partial charge in [-0.25, -0.2) is 0 Å². The molecule has 0 unspecified atom stereocenters. The largest absolute Gasteiger partial charge is 0.427 e. The van der Waals surface area contributed by atoms with Gasteiger partial charge in [-0.2, -0.15) is 0 Å². The number of hydrogen-bond acceptors (Lipinski definition) is 4. The van der Waals surface area contributed by atoms with E-state index in [-0.39, 0.29) is 0 Å². The summed E-state index contributed by atoms with van der Waals surface area (Å²) in [7, 11) is 0.343. The molecule has 0 spiro atoms. The van der Waals surface area contributed by atoms with Crippen molar-refractivity contribution in [2.45, 2.75) is 66.6 Å². The van der Waals surface area contributed by atoms with Crippen LogP contribution in [0.15, 0.2) is 140 Å². The SMILES string of the molecule is Cc1cc(-c2ccc(-c3ccccn3)cc2)c(-c2cc(BOC(C)(C)C(C)(C)O)cc(-c3cc(C)c(C)cc3-c3ccc(-c4ccccn4)cc3)c2)cc1C. The van der Waals surface area contributed by atoms with E-state index < -0.39 is 11.2 Å². The summed E-state index contributed by atoms with van der Waals surface area (Å²) in [4.78, 5) is 9.14. The molecule has 0 atom stereocenters. The molecule has 2 heterocycles. The van der Waals surface area contributed by atoms with Crippen LogP contribution >= 0.6 is 0 Å². The molecule has 274 valence electrons. The maximum Gasteiger partial charge on any atom is 0.309 e. The van der Waals surface area contributed by atoms with Gasteiger partial charge in [-0.15, -0.1) is 0 Å². The average Bonchev–Trinajstić information content (AvgIpc) is 3.19. The van der Waals surface area contributed by atoms with Crippen LogP contribution in [0.3, 0.4) is 0 Å². The zero-order chi connectivity index (χ0) is 38.9. The number of aliphatic hydroxyl groups is 1. The molecule has 7 aromatic rings. The lowest BCUT2D eigenvalue weighted by atomic mass is 9.78. The predicted molar refractivity (Wildman–Crippen MR) is 232 cm³/mol. The molecule has 0 amide bonds. The van der Waals surface area contributed by atoms with Gasteiger partial charge in [0.05, 0.1) is 22.6 Å². The molecule has 5 aromatic carbocycles. The second-order valence-corrected chi connectivity index (χ2v) is 15.8. The first kappa shape index (κ1) is 37.7. The number of pyridine rings is 2. The van der Waals surface area contributed by atoms with Crippen LogP contribution in [0, 0.1) is 27.7 Å². The van der Waals surface area contributed by atoms with Crippen LogP contribution in [0.1, 0.15) is 49.9 Å². The van der Waals surface area contributed by atoms with E-state index >= 15 is 0 Å². The zero-order valence-electron chi connectivity index (χ0n) is 33.2. The first-order valence-electron chi connectivity index (χ1n) is 19.0. The molecule has 0 radical (unpaired) electrons. The molecule has 1 N–H and O–H groups in total. The number of aryl methyl sites for hydroxylation is 4. The van der Waals surface area contributed by atoms with Crippen LogP contribution in [0.4, 0.5) is 0 Å². The Kier molecular flexibility index (Phi) is 10.5. The van der Waals surface area contributed by atoms with Crippen LogP contribution in [-0.4, -0.2) is 33.8 Å². The molecular weight excluding hydrogens is 671 g/mol. The summed E-state index contributed by atoms with van der Waals surface area (Å²) in [5.41, 5.74) is 17.4. The molecule has 0 saturated carbocycles. The van der Waals surface area contributed by atoms with Crippen LogP contribution < -0.4 is 5.46 Å². The van der Waals surface area contributed by atoms with Gasteiger partial charge in [-0.3, -0.25) is 9.97 Å². The molecule has 0 aliphatic heterocycles. The highest BCUT2D eigenvalue weighted by Crippen LogP contribution is 2.40. The van der Waals surface area contributed by atoms with Gasteiger partial charge in [0.15, 0.2) is 0 Å². The van der Waals surface area contributed by atoms with Gasteiger partial charge in [-0.1, -0.05) is 103 Å². The predicted octanol–water partition coefficient (Wildman–Crippen LogP) is 11.3. The summed E-state index contributed by atoms with van der Waals surface area (Å²) in [6.07, 6.45) is 3.67. The summed E-state index contributed by atoms with van der Waals surface area (Å²) in [5, 5.41) is 11.0. The first-order valence-corrected chi connectivity index (χ1v) is 19.0. The van der Waals surface area contributed by atoms with Crippen LogP contribution in [-0.2, 0) is 4.65 Å². The minimum atomic E-state index is -1.03. The van der Waals surface area contributed by atoms with Gasteiger partial charge in [0.2, 0.25) is 0 Å². The monoisotopic (exact) mass is 720 g/mol. The van der Waals surface area contributed by atoms with Crippen LogP contribution in [0.2, 0.25) is 0 Å². The Morgan fingerprint density at radius 2 is 0.818 bits per heavy atom. The third-order valence-electron chi connectivity index (χ3n) is 11.3. The van der Waals surface area contributed by atoms with E-state index in [1.807, 2.05) is 62.6 Å². The van der Waals surface area contributed by atoms with E-state index in [1.165, 1.54) is 33.4 Å². The van der Waals surface area contributed by atoms with E-state index in [0.717, 1.165) is 61.4 Å². The number of nitrogens with zero attached hydrogens (tertiary/aromatic N) is 2. The third-order valence-corrected chi connectivity index (χ3v) is 11.3. The fraction of sp³-hybridized carbons (Fsp3) is 0.200. The topological polar surface area (TPSA) is 55.2 Å². The molecular formula is C50H49BN2O2. The Morgan fingerprint density at radius 3 is 1.16 bits per heavy atom. The molecule has 0 aliphatic carbocycles. The van der Waals surface area contributed by atoms with E-state index in [1.54, 1.807) is 13.8 Å². The molecule has 0 aliphatic rings. The van der Waals surface area contributed by atoms with E-state index in [2.05, 4.69) is 129 Å². The molecule has 0 saturated heterocycles. The van der Waals surface area contributed by atoms with Gasteiger partial charge in [-0.05, 0) is 152 Å². The maximum absolute atomic E-state index is 11.0. The van der Waals surface area contributed by atoms with Gasteiger partial charge < -0.3 is 9.76 Å². The van der Waals surface area contributed by atoms with Gasteiger partial charge in [0, 0.05) is 23.5 Å². The maximum atomic E-state index is 11.0. The minimum absolute atomic E-state index is 0.343. The number of benzene rings is 5. The van der Waals surface area contributed by atoms with E-state index in [9.17, 15) is 5.11 Å². The minimum Gasteiger partial charge on any atom is -0.427 e. The number of rotatable bonds is 10. The summed E-state index contributed by atoms with van der Waals surface area (Å²) in [6.45, 7) is 16.2. The Balaban J connectivity index is 1.39. The van der Waals surface area contributed by atoms with Crippen molar-refractivity contribution in [3.05, 3.63) is 162 Å². The standard InChI is InChI=1S/C50H49BN2O2/c1-32-25-43(36-15-19-38(20-16-36)47-13-9-11-23-52-47)45(27-34(32)3)40-29-41(31-42(30-40)51-55-50(7,8)49(5,6)54)46-28-35(4)33(2)26-44(46)37-17-21-39(22-18-37)48-14-10-12-24-53-48/h9-31,51,54H,1-8H3. The highest BCUT2D eigenvalue weighted by Gasteiger charge is 2.35. The first-order chi connectivity index (χ1) is 26.3. The van der Waals surface area contributed by atoms with Crippen molar-refractivity contribution >= 4 is 12.9 Å². The van der Waals surface area contributed by atoms with Crippen molar-refractivity contribution in [3.8, 4) is 67.0 Å². The molecule has 0 fully saturated rings. The molecule has 5 heteroatoms. The Bertz CT molecular complexity index is 2290. The molecule has 4 nitrogen and oxygen atoms in total. The fourth-order valence-electron chi connectivity index (χ4n) is 6.82. The van der Waals surface area contributed by atoms with Crippen LogP contribution in [0.25, 0.3) is 67.0 Å². The van der Waals surface area contributed by atoms with Gasteiger partial charge >= 0.3 is 7.48 Å². The Hall–Kier alpha value is -5.62. The Labute approximate surface area is 327 Å². The molecule has 2 aromatic heterocycles. The summed E-state index contributed by atoms with van der Waals surface area (Å²) >= 11 is 0. The summed E-state index contributed by atoms with van der Waals surface area (Å²) in [6, 6.07) is 45.5. The van der Waals surface area contributed by atoms with Gasteiger partial charge in [0.1, 0.15) is 0 Å². The highest BCUT2D eigenvalue weighted by molar-refractivity contribution is 6.47. The second kappa shape index (κ2) is 15.3. The third kappa shape index (κ3) is 8.10. The van der Waals surface area contributed by atoms with Crippen molar-refractivity contribution in [1.82, 2.24) is 9.97 Å². The van der Waals surface area contributed by atoms with Crippen molar-refractivity contribution < 1.29 is 9.76 Å². The summed E-state index contributed by atoms with van der Waals surface area (Å²) < 4.78 is 6.53. The highest BCUT2D eigenvalue weighted by atomic mass is 16.5. The van der Waals surface area contributed by atoms with Crippen molar-refractivity contribution in [2.75, 3.05) is 0 Å². The van der Waals surface area contributed by atoms with E-state index in [4.69, 9.17) is 4.65 Å². The zero-order valence-corrected chi connectivity index (χ0v) is 33.2. The van der Waals surface area contributed by atoms with Crippen molar-refractivity contribution in [2.24, 2.45) is 0 Å². The van der Waals surface area contributed by atoms with Gasteiger partial charge in [0.25, 0.3) is 0 Å². The normalized spacial score (nSPS) is 11.8. The van der Waals surface area contributed by atoms with Crippen molar-refractivity contribution in [1.29, 1.82) is 0 Å². The molecule has 7 rings (SSSR count). The lowest BCUT2D eigenvalue weighted by Crippen LogP contribution is -2.49.